The molecule has 0 unspecified atom stereocenters. The predicted molar refractivity (Wildman–Crippen MR) is 108 cm³/mol. The molecule has 4 nitrogen and oxygen atoms in total. The molecule has 1 N–H and O–H groups in total. The van der Waals surface area contributed by atoms with Crippen LogP contribution >= 0.6 is 0 Å². The monoisotopic (exact) mass is 412 g/mol. The largest absolute Gasteiger partial charge is 0.493 e. The number of alkyl halides is 3. The second-order valence-corrected chi connectivity index (χ2v) is 6.84. The Morgan fingerprint density at radius 3 is 2.53 bits per heavy atom. The van der Waals surface area contributed by atoms with Gasteiger partial charge in [0.2, 0.25) is 0 Å². The minimum atomic E-state index is -4.47. The van der Waals surface area contributed by atoms with Gasteiger partial charge in [0, 0.05) is 36.4 Å². The Bertz CT molecular complexity index is 1150. The number of ether oxygens (including phenoxy) is 1. The third-order valence-corrected chi connectivity index (χ3v) is 4.74. The molecule has 2 aromatic heterocycles. The number of rotatable bonds is 6. The first-order chi connectivity index (χ1) is 14.5. The molecule has 2 heterocycles. The van der Waals surface area contributed by atoms with E-state index in [2.05, 4.69) is 10.3 Å². The molecular weight excluding hydrogens is 393 g/mol. The number of fused-ring (bicyclic) bond motifs is 1. The summed E-state index contributed by atoms with van der Waals surface area (Å²) in [5.74, 6) is 0.623. The smallest absolute Gasteiger partial charge is 0.417 e. The zero-order valence-electron chi connectivity index (χ0n) is 16.2. The van der Waals surface area contributed by atoms with Gasteiger partial charge in [0.1, 0.15) is 5.76 Å². The van der Waals surface area contributed by atoms with E-state index in [0.717, 1.165) is 17.2 Å². The van der Waals surface area contributed by atoms with Crippen molar-refractivity contribution in [3.8, 4) is 17.1 Å². The van der Waals surface area contributed by atoms with Gasteiger partial charge in [0.05, 0.1) is 12.7 Å². The van der Waals surface area contributed by atoms with E-state index >= 15 is 0 Å². The van der Waals surface area contributed by atoms with Gasteiger partial charge in [-0.1, -0.05) is 24.3 Å². The van der Waals surface area contributed by atoms with E-state index < -0.39 is 11.7 Å². The third kappa shape index (κ3) is 4.16. The van der Waals surface area contributed by atoms with Crippen LogP contribution < -0.4 is 10.1 Å². The first kappa shape index (κ1) is 20.0. The van der Waals surface area contributed by atoms with Crippen LogP contribution in [-0.4, -0.2) is 12.1 Å². The molecule has 0 aliphatic heterocycles. The Labute approximate surface area is 171 Å². The highest BCUT2D eigenvalue weighted by Gasteiger charge is 2.34. The molecule has 2 aromatic carbocycles. The molecule has 0 saturated carbocycles. The van der Waals surface area contributed by atoms with Crippen molar-refractivity contribution < 1.29 is 22.3 Å². The van der Waals surface area contributed by atoms with E-state index in [-0.39, 0.29) is 11.3 Å². The van der Waals surface area contributed by atoms with E-state index in [4.69, 9.17) is 9.15 Å². The highest BCUT2D eigenvalue weighted by atomic mass is 19.4. The van der Waals surface area contributed by atoms with Gasteiger partial charge in [-0.2, -0.15) is 13.2 Å². The van der Waals surface area contributed by atoms with Crippen LogP contribution in [0.3, 0.4) is 0 Å². The van der Waals surface area contributed by atoms with E-state index in [1.807, 2.05) is 24.3 Å². The Kier molecular flexibility index (Phi) is 5.46. The lowest BCUT2D eigenvalue weighted by atomic mass is 10.0. The lowest BCUT2D eigenvalue weighted by Crippen LogP contribution is -2.12. The van der Waals surface area contributed by atoms with Crippen LogP contribution in [0, 0.1) is 0 Å². The minimum Gasteiger partial charge on any atom is -0.493 e. The zero-order valence-corrected chi connectivity index (χ0v) is 16.2. The Balaban J connectivity index is 1.65. The molecule has 0 aliphatic carbocycles. The normalized spacial score (nSPS) is 11.7. The highest BCUT2D eigenvalue weighted by molar-refractivity contribution is 5.88. The molecule has 0 radical (unpaired) electrons. The number of hydrogen-bond donors (Lipinski definition) is 1. The van der Waals surface area contributed by atoms with Crippen LogP contribution in [0.1, 0.15) is 16.7 Å². The van der Waals surface area contributed by atoms with Crippen molar-refractivity contribution in [2.24, 2.45) is 0 Å². The van der Waals surface area contributed by atoms with Gasteiger partial charge in [0.15, 0.2) is 11.3 Å². The number of hydrogen-bond acceptors (Lipinski definition) is 4. The SMILES string of the molecule is COc1cc(CNCc2cccnc2)cc2cc(-c3ccccc3C(F)(F)F)oc12. The van der Waals surface area contributed by atoms with E-state index in [1.54, 1.807) is 24.5 Å². The molecule has 0 spiro atoms. The second kappa shape index (κ2) is 8.20. The van der Waals surface area contributed by atoms with Crippen molar-refractivity contribution in [3.63, 3.8) is 0 Å². The van der Waals surface area contributed by atoms with Crippen molar-refractivity contribution in [2.75, 3.05) is 7.11 Å². The zero-order chi connectivity index (χ0) is 21.1. The highest BCUT2D eigenvalue weighted by Crippen LogP contribution is 2.40. The van der Waals surface area contributed by atoms with Gasteiger partial charge in [-0.3, -0.25) is 4.98 Å². The molecule has 4 rings (SSSR count). The van der Waals surface area contributed by atoms with Gasteiger partial charge in [-0.15, -0.1) is 0 Å². The van der Waals surface area contributed by atoms with Crippen molar-refractivity contribution in [2.45, 2.75) is 19.3 Å². The van der Waals surface area contributed by atoms with Crippen LogP contribution in [0.4, 0.5) is 13.2 Å². The van der Waals surface area contributed by atoms with Crippen LogP contribution in [0.2, 0.25) is 0 Å². The summed E-state index contributed by atoms with van der Waals surface area (Å²) in [6.07, 6.45) is -0.964. The minimum absolute atomic E-state index is 0.000458. The number of nitrogens with zero attached hydrogens (tertiary/aromatic N) is 1. The summed E-state index contributed by atoms with van der Waals surface area (Å²) < 4.78 is 51.4. The summed E-state index contributed by atoms with van der Waals surface area (Å²) in [6, 6.07) is 14.6. The van der Waals surface area contributed by atoms with Gasteiger partial charge in [-0.05, 0) is 41.5 Å². The number of nitrogens with one attached hydrogen (secondary N) is 1. The molecule has 0 bridgehead atoms. The van der Waals surface area contributed by atoms with E-state index in [1.165, 1.54) is 19.2 Å². The fourth-order valence-electron chi connectivity index (χ4n) is 3.37. The molecule has 7 heteroatoms. The van der Waals surface area contributed by atoms with Crippen molar-refractivity contribution in [1.82, 2.24) is 10.3 Å². The lowest BCUT2D eigenvalue weighted by molar-refractivity contribution is -0.137. The summed E-state index contributed by atoms with van der Waals surface area (Å²) in [5.41, 5.74) is 1.67. The molecular formula is C23H19F3N2O2. The number of aromatic nitrogens is 1. The standard InChI is InChI=1S/C23H19F3N2O2/c1-29-21-10-16(14-28-13-15-5-4-8-27-12-15)9-17-11-20(30-22(17)21)18-6-2-3-7-19(18)23(24,25)26/h2-12,28H,13-14H2,1H3. The van der Waals surface area contributed by atoms with Crippen LogP contribution in [0.15, 0.2) is 71.4 Å². The number of methoxy groups -OCH3 is 1. The Morgan fingerprint density at radius 2 is 1.80 bits per heavy atom. The molecule has 0 aliphatic rings. The second-order valence-electron chi connectivity index (χ2n) is 6.84. The first-order valence-corrected chi connectivity index (χ1v) is 9.32. The molecule has 0 fully saturated rings. The van der Waals surface area contributed by atoms with Gasteiger partial charge in [0.25, 0.3) is 0 Å². The first-order valence-electron chi connectivity index (χ1n) is 9.32. The predicted octanol–water partition coefficient (Wildman–Crippen LogP) is 5.81. The average molecular weight is 412 g/mol. The summed E-state index contributed by atoms with van der Waals surface area (Å²) in [6.45, 7) is 1.20. The van der Waals surface area contributed by atoms with E-state index in [9.17, 15) is 13.2 Å². The fraction of sp³-hybridized carbons (Fsp3) is 0.174. The maximum atomic E-state index is 13.4. The number of furan rings is 1. The van der Waals surface area contributed by atoms with Crippen molar-refractivity contribution in [3.05, 3.63) is 83.7 Å². The lowest BCUT2D eigenvalue weighted by Gasteiger charge is -2.10. The molecule has 0 atom stereocenters. The van der Waals surface area contributed by atoms with Gasteiger partial charge in [-0.25, -0.2) is 0 Å². The summed E-state index contributed by atoms with van der Waals surface area (Å²) >= 11 is 0. The number of halogens is 3. The van der Waals surface area contributed by atoms with Crippen LogP contribution in [-0.2, 0) is 19.3 Å². The summed E-state index contributed by atoms with van der Waals surface area (Å²) in [5, 5.41) is 4.01. The third-order valence-electron chi connectivity index (χ3n) is 4.74. The topological polar surface area (TPSA) is 47.3 Å². The van der Waals surface area contributed by atoms with E-state index in [0.29, 0.717) is 29.8 Å². The van der Waals surface area contributed by atoms with Crippen LogP contribution in [0.5, 0.6) is 5.75 Å². The molecule has 4 aromatic rings. The van der Waals surface area contributed by atoms with Crippen molar-refractivity contribution >= 4 is 11.0 Å². The Hall–Kier alpha value is -3.32. The average Bonchev–Trinajstić information content (AvgIpc) is 3.17. The fourth-order valence-corrected chi connectivity index (χ4v) is 3.37. The number of pyridine rings is 1. The van der Waals surface area contributed by atoms with Gasteiger partial charge < -0.3 is 14.5 Å². The molecule has 154 valence electrons. The maximum absolute atomic E-state index is 13.4. The van der Waals surface area contributed by atoms with Crippen molar-refractivity contribution in [1.29, 1.82) is 0 Å². The summed E-state index contributed by atoms with van der Waals surface area (Å²) in [7, 11) is 1.51. The number of benzene rings is 2. The van der Waals surface area contributed by atoms with Gasteiger partial charge >= 0.3 is 6.18 Å². The quantitative estimate of drug-likeness (QED) is 0.434. The Morgan fingerprint density at radius 1 is 1.00 bits per heavy atom. The van der Waals surface area contributed by atoms with Crippen LogP contribution in [0.25, 0.3) is 22.3 Å². The maximum Gasteiger partial charge on any atom is 0.417 e. The molecule has 30 heavy (non-hydrogen) atoms. The summed E-state index contributed by atoms with van der Waals surface area (Å²) in [4.78, 5) is 4.08. The molecule has 0 saturated heterocycles. The molecule has 0 amide bonds.